The van der Waals surface area contributed by atoms with Crippen LogP contribution in [0.4, 0.5) is 21.5 Å². The molecule has 2 aromatic carbocycles. The minimum Gasteiger partial charge on any atom is -0.394 e. The summed E-state index contributed by atoms with van der Waals surface area (Å²) >= 11 is 0. The van der Waals surface area contributed by atoms with Crippen molar-refractivity contribution in [2.24, 2.45) is 0 Å². The van der Waals surface area contributed by atoms with Gasteiger partial charge in [0.2, 0.25) is 25.9 Å². The second kappa shape index (κ2) is 12.7. The molecule has 4 rings (SSSR count). The first-order valence-corrected chi connectivity index (χ1v) is 15.8. The lowest BCUT2D eigenvalue weighted by atomic mass is 10.1. The summed E-state index contributed by atoms with van der Waals surface area (Å²) in [5, 5.41) is 33.0. The van der Waals surface area contributed by atoms with Gasteiger partial charge in [-0.15, -0.1) is 0 Å². The number of aromatic nitrogens is 4. The van der Waals surface area contributed by atoms with Crippen LogP contribution in [0.3, 0.4) is 0 Å². The summed E-state index contributed by atoms with van der Waals surface area (Å²) < 4.78 is 58.6. The number of fused-ring (bicyclic) bond motifs is 2. The molecule has 248 valence electrons. The summed E-state index contributed by atoms with van der Waals surface area (Å²) in [6.45, 7) is 1.24. The third-order valence-electron chi connectivity index (χ3n) is 5.56. The molecular weight excluding hydrogens is 669 g/mol. The van der Waals surface area contributed by atoms with Crippen molar-refractivity contribution in [3.05, 3.63) is 92.0 Å². The number of benzene rings is 2. The smallest absolute Gasteiger partial charge is 0.348 e. The maximum Gasteiger partial charge on any atom is 0.348 e. The van der Waals surface area contributed by atoms with Crippen LogP contribution < -0.4 is 37.5 Å². The van der Waals surface area contributed by atoms with E-state index in [1.807, 2.05) is 0 Å². The summed E-state index contributed by atoms with van der Waals surface area (Å²) in [6, 6.07) is 2.77. The molecule has 0 fully saturated rings. The molecular formula is C21H22FN9O13S2. The molecule has 0 aliphatic rings. The lowest BCUT2D eigenvalue weighted by molar-refractivity contribution is -0.387. The van der Waals surface area contributed by atoms with Crippen LogP contribution in [0.1, 0.15) is 6.92 Å². The average molecular weight is 692 g/mol. The fourth-order valence-corrected chi connectivity index (χ4v) is 4.69. The second-order valence-corrected chi connectivity index (χ2v) is 12.8. The standard InChI is InChI=1S/C12H15N5O7S.C9H7FN4O6S/c1-6(5-18)13-9-3-7-8(4-10(9)17(21)22)14-12(20)16(11(7)19)15-25(2,23)24;1-21(19,20)12-13-8(15)4-2-5(10)7(14(17)18)3-6(4)11-9(13)16/h3-4,6,13,15,18H,5H2,1-2H3,(H,14,20);2-3,12H,1H3,(H,11,16). The highest BCUT2D eigenvalue weighted by Gasteiger charge is 2.21. The van der Waals surface area contributed by atoms with Crippen molar-refractivity contribution < 1.29 is 36.2 Å². The maximum atomic E-state index is 13.5. The Morgan fingerprint density at radius 3 is 1.63 bits per heavy atom. The topological polar surface area (TPSA) is 321 Å². The zero-order valence-electron chi connectivity index (χ0n) is 23.4. The Morgan fingerprint density at radius 2 is 1.24 bits per heavy atom. The van der Waals surface area contributed by atoms with Crippen molar-refractivity contribution >= 4 is 58.9 Å². The van der Waals surface area contributed by atoms with Crippen LogP contribution in [0.25, 0.3) is 21.8 Å². The van der Waals surface area contributed by atoms with Crippen LogP contribution in [0.5, 0.6) is 0 Å². The van der Waals surface area contributed by atoms with E-state index in [0.717, 1.165) is 18.4 Å². The largest absolute Gasteiger partial charge is 0.394 e. The SMILES string of the molecule is CC(CO)Nc1cc2c(=O)n(NS(C)(=O)=O)c(=O)[nH]c2cc1[N+](=O)[O-].CS(=O)(=O)Nn1c(=O)[nH]c2cc([N+](=O)[O-])c(F)cc2c1=O. The first kappa shape index (κ1) is 34.8. The molecule has 1 atom stereocenters. The van der Waals surface area contributed by atoms with Crippen LogP contribution >= 0.6 is 0 Å². The van der Waals surface area contributed by atoms with Crippen molar-refractivity contribution in [3.8, 4) is 0 Å². The van der Waals surface area contributed by atoms with Crippen molar-refractivity contribution in [2.75, 3.05) is 34.1 Å². The van der Waals surface area contributed by atoms with E-state index in [1.165, 1.54) is 0 Å². The molecule has 4 aromatic rings. The van der Waals surface area contributed by atoms with Crippen LogP contribution in [0.15, 0.2) is 43.4 Å². The fraction of sp³-hybridized carbons (Fsp3) is 0.238. The fourth-order valence-electron chi connectivity index (χ4n) is 3.69. The number of sulfonamides is 2. The highest BCUT2D eigenvalue weighted by atomic mass is 32.2. The molecule has 0 aliphatic heterocycles. The van der Waals surface area contributed by atoms with Gasteiger partial charge in [0.1, 0.15) is 5.69 Å². The summed E-state index contributed by atoms with van der Waals surface area (Å²) in [7, 11) is -7.84. The van der Waals surface area contributed by atoms with Gasteiger partial charge in [-0.05, 0) is 19.1 Å². The van der Waals surface area contributed by atoms with Gasteiger partial charge in [0, 0.05) is 18.2 Å². The van der Waals surface area contributed by atoms with Crippen molar-refractivity contribution in [2.45, 2.75) is 13.0 Å². The van der Waals surface area contributed by atoms with Gasteiger partial charge in [-0.1, -0.05) is 0 Å². The second-order valence-electron chi connectivity index (χ2n) is 9.37. The van der Waals surface area contributed by atoms with Crippen molar-refractivity contribution in [1.82, 2.24) is 19.3 Å². The molecule has 0 spiro atoms. The van der Waals surface area contributed by atoms with E-state index >= 15 is 0 Å². The number of anilines is 1. The number of halogens is 1. The Kier molecular flexibility index (Phi) is 9.63. The summed E-state index contributed by atoms with van der Waals surface area (Å²) in [5.41, 5.74) is -6.25. The van der Waals surface area contributed by atoms with Gasteiger partial charge in [-0.3, -0.25) is 29.8 Å². The Labute approximate surface area is 253 Å². The predicted molar refractivity (Wildman–Crippen MR) is 160 cm³/mol. The number of aromatic amines is 2. The Balaban J connectivity index is 0.000000254. The number of aliphatic hydroxyl groups excluding tert-OH is 1. The van der Waals surface area contributed by atoms with Gasteiger partial charge in [-0.25, -0.2) is 36.1 Å². The summed E-state index contributed by atoms with van der Waals surface area (Å²) in [4.78, 5) is 75.5. The number of nitrogens with zero attached hydrogens (tertiary/aromatic N) is 4. The van der Waals surface area contributed by atoms with Gasteiger partial charge in [0.05, 0.1) is 50.8 Å². The van der Waals surface area contributed by atoms with Crippen LogP contribution in [-0.4, -0.2) is 76.3 Å². The first-order valence-electron chi connectivity index (χ1n) is 12.1. The molecule has 6 N–H and O–H groups in total. The van der Waals surface area contributed by atoms with Gasteiger partial charge < -0.3 is 20.4 Å². The van der Waals surface area contributed by atoms with Gasteiger partial charge >= 0.3 is 17.1 Å². The van der Waals surface area contributed by atoms with Crippen molar-refractivity contribution in [3.63, 3.8) is 0 Å². The minimum atomic E-state index is -3.93. The van der Waals surface area contributed by atoms with E-state index < -0.39 is 81.0 Å². The van der Waals surface area contributed by atoms with Gasteiger partial charge in [0.15, 0.2) is 0 Å². The highest BCUT2D eigenvalue weighted by molar-refractivity contribution is 7.91. The molecule has 0 radical (unpaired) electrons. The zero-order chi connectivity index (χ0) is 34.9. The zero-order valence-corrected chi connectivity index (χ0v) is 25.1. The van der Waals surface area contributed by atoms with Gasteiger partial charge in [-0.2, -0.15) is 13.7 Å². The number of nitro benzene ring substituents is 2. The molecule has 0 bridgehead atoms. The number of hydrogen-bond acceptors (Lipinski definition) is 14. The van der Waals surface area contributed by atoms with E-state index in [0.29, 0.717) is 18.4 Å². The molecule has 1 unspecified atom stereocenters. The third kappa shape index (κ3) is 7.87. The molecule has 2 heterocycles. The Hall–Kier alpha value is -5.69. The first-order chi connectivity index (χ1) is 21.1. The van der Waals surface area contributed by atoms with E-state index in [1.54, 1.807) is 16.6 Å². The minimum absolute atomic E-state index is 0.0610. The monoisotopic (exact) mass is 691 g/mol. The maximum absolute atomic E-state index is 13.5. The van der Waals surface area contributed by atoms with E-state index in [9.17, 15) is 60.6 Å². The lowest BCUT2D eigenvalue weighted by Crippen LogP contribution is -2.43. The molecule has 46 heavy (non-hydrogen) atoms. The number of rotatable bonds is 9. The van der Waals surface area contributed by atoms with Gasteiger partial charge in [0.25, 0.3) is 16.8 Å². The van der Waals surface area contributed by atoms with E-state index in [-0.39, 0.29) is 38.1 Å². The molecule has 0 saturated heterocycles. The van der Waals surface area contributed by atoms with Crippen LogP contribution in [0, 0.1) is 26.0 Å². The number of nitrogens with one attached hydrogen (secondary N) is 5. The molecule has 25 heteroatoms. The highest BCUT2D eigenvalue weighted by Crippen LogP contribution is 2.28. The van der Waals surface area contributed by atoms with Crippen LogP contribution in [0.2, 0.25) is 0 Å². The van der Waals surface area contributed by atoms with E-state index in [4.69, 9.17) is 5.11 Å². The molecule has 0 amide bonds. The lowest BCUT2D eigenvalue weighted by Gasteiger charge is -2.13. The molecule has 2 aromatic heterocycles. The van der Waals surface area contributed by atoms with Crippen LogP contribution in [-0.2, 0) is 20.0 Å². The Bertz CT molecular complexity index is 2370. The summed E-state index contributed by atoms with van der Waals surface area (Å²) in [6.07, 6.45) is 1.47. The summed E-state index contributed by atoms with van der Waals surface area (Å²) in [5.74, 6) is -1.29. The Morgan fingerprint density at radius 1 is 0.826 bits per heavy atom. The quantitative estimate of drug-likeness (QED) is 0.0828. The molecule has 0 saturated carbocycles. The normalized spacial score (nSPS) is 12.2. The molecule has 0 aliphatic carbocycles. The van der Waals surface area contributed by atoms with Crippen molar-refractivity contribution in [1.29, 1.82) is 0 Å². The molecule has 22 nitrogen and oxygen atoms in total. The number of aliphatic hydroxyl groups is 1. The number of hydrogen-bond donors (Lipinski definition) is 6. The predicted octanol–water partition coefficient (Wildman–Crippen LogP) is -1.87. The van der Waals surface area contributed by atoms with E-state index in [2.05, 4.69) is 15.3 Å². The third-order valence-corrected chi connectivity index (χ3v) is 6.59. The number of nitro groups is 2. The number of H-pyrrole nitrogens is 2. The average Bonchev–Trinajstić information content (AvgIpc) is 2.92.